The van der Waals surface area contributed by atoms with Gasteiger partial charge >= 0.3 is 0 Å². The van der Waals surface area contributed by atoms with E-state index in [0.717, 1.165) is 5.56 Å². The van der Waals surface area contributed by atoms with Gasteiger partial charge in [0.2, 0.25) is 23.6 Å². The normalized spacial score (nSPS) is 12.3. The number of hydrogen-bond acceptors (Lipinski definition) is 6. The number of carbonyl (C=O) groups is 4. The molecule has 0 heterocycles. The molecule has 0 aromatic heterocycles. The van der Waals surface area contributed by atoms with Crippen LogP contribution in [0, 0.1) is 0 Å². The number of amides is 4. The van der Waals surface area contributed by atoms with Crippen molar-refractivity contribution in [3.8, 4) is 5.75 Å². The lowest BCUT2D eigenvalue weighted by Gasteiger charge is -2.20. The van der Waals surface area contributed by atoms with Crippen molar-refractivity contribution in [2.45, 2.75) is 31.3 Å². The molecule has 0 aliphatic carbocycles. The van der Waals surface area contributed by atoms with E-state index in [1.165, 1.54) is 12.1 Å². The van der Waals surface area contributed by atoms with E-state index in [2.05, 4.69) is 16.0 Å². The number of nitrogens with two attached hydrogens (primary N) is 2. The molecule has 2 aromatic rings. The highest BCUT2D eigenvalue weighted by Crippen LogP contribution is 2.11. The molecule has 4 amide bonds. The maximum atomic E-state index is 12.7. The molecule has 33 heavy (non-hydrogen) atoms. The Kier molecular flexibility index (Phi) is 9.84. The standard InChI is InChI=1S/C23H29N5O5/c24-11-10-20(30)28-19(13-16-6-8-17(29)9-7-16)23(33)26-14-21(31)27-18(22(25)32)12-15-4-2-1-3-5-15/h1-9,18-19,29H,10-14,24H2,(H2,25,32)(H,26,33)(H,27,31)(H,28,30)/t18-,19-/m0/s1. The Hall–Kier alpha value is -3.92. The van der Waals surface area contributed by atoms with Crippen molar-refractivity contribution in [1.82, 2.24) is 16.0 Å². The first-order valence-corrected chi connectivity index (χ1v) is 10.5. The van der Waals surface area contributed by atoms with Gasteiger partial charge in [-0.25, -0.2) is 0 Å². The molecule has 0 radical (unpaired) electrons. The summed E-state index contributed by atoms with van der Waals surface area (Å²) in [7, 11) is 0. The highest BCUT2D eigenvalue weighted by molar-refractivity contribution is 5.92. The van der Waals surface area contributed by atoms with Crippen LogP contribution < -0.4 is 27.4 Å². The Morgan fingerprint density at radius 2 is 1.39 bits per heavy atom. The minimum atomic E-state index is -0.961. The zero-order chi connectivity index (χ0) is 24.2. The zero-order valence-corrected chi connectivity index (χ0v) is 18.1. The predicted molar refractivity (Wildman–Crippen MR) is 122 cm³/mol. The molecular formula is C23H29N5O5. The average molecular weight is 456 g/mol. The van der Waals surface area contributed by atoms with Crippen LogP contribution in [0.4, 0.5) is 0 Å². The van der Waals surface area contributed by atoms with Crippen molar-refractivity contribution >= 4 is 23.6 Å². The van der Waals surface area contributed by atoms with Crippen LogP contribution in [0.1, 0.15) is 17.5 Å². The molecule has 2 aromatic carbocycles. The average Bonchev–Trinajstić information content (AvgIpc) is 2.79. The van der Waals surface area contributed by atoms with Crippen LogP contribution in [0.25, 0.3) is 0 Å². The van der Waals surface area contributed by atoms with Gasteiger partial charge in [-0.2, -0.15) is 0 Å². The molecule has 0 aliphatic rings. The summed E-state index contributed by atoms with van der Waals surface area (Å²) in [6.07, 6.45) is 0.399. The summed E-state index contributed by atoms with van der Waals surface area (Å²) >= 11 is 0. The quantitative estimate of drug-likeness (QED) is 0.241. The Labute approximate surface area is 191 Å². The van der Waals surface area contributed by atoms with Crippen molar-refractivity contribution in [3.05, 3.63) is 65.7 Å². The lowest BCUT2D eigenvalue weighted by molar-refractivity contribution is -0.131. The molecule has 2 rings (SSSR count). The van der Waals surface area contributed by atoms with Crippen molar-refractivity contribution in [1.29, 1.82) is 0 Å². The molecule has 0 fully saturated rings. The summed E-state index contributed by atoms with van der Waals surface area (Å²) in [5.41, 5.74) is 12.3. The van der Waals surface area contributed by atoms with E-state index >= 15 is 0 Å². The third kappa shape index (κ3) is 8.99. The van der Waals surface area contributed by atoms with Gasteiger partial charge in [0.25, 0.3) is 0 Å². The molecular weight excluding hydrogens is 426 g/mol. The van der Waals surface area contributed by atoms with Crippen molar-refractivity contribution in [3.63, 3.8) is 0 Å². The van der Waals surface area contributed by atoms with Gasteiger partial charge in [0.05, 0.1) is 6.54 Å². The van der Waals surface area contributed by atoms with Crippen LogP contribution >= 0.6 is 0 Å². The Bertz CT molecular complexity index is 949. The maximum Gasteiger partial charge on any atom is 0.243 e. The van der Waals surface area contributed by atoms with E-state index in [9.17, 15) is 24.3 Å². The highest BCUT2D eigenvalue weighted by atomic mass is 16.3. The highest BCUT2D eigenvalue weighted by Gasteiger charge is 2.23. The minimum Gasteiger partial charge on any atom is -0.508 e. The van der Waals surface area contributed by atoms with Crippen LogP contribution in [-0.4, -0.2) is 53.9 Å². The van der Waals surface area contributed by atoms with Crippen molar-refractivity contribution in [2.24, 2.45) is 11.5 Å². The number of carbonyl (C=O) groups excluding carboxylic acids is 4. The lowest BCUT2D eigenvalue weighted by atomic mass is 10.0. The molecule has 0 aliphatic heterocycles. The molecule has 10 heteroatoms. The van der Waals surface area contributed by atoms with E-state index < -0.39 is 42.3 Å². The van der Waals surface area contributed by atoms with Crippen LogP contribution in [-0.2, 0) is 32.0 Å². The molecule has 0 spiro atoms. The molecule has 10 nitrogen and oxygen atoms in total. The number of phenolic OH excluding ortho intramolecular Hbond substituents is 1. The van der Waals surface area contributed by atoms with Gasteiger partial charge in [0, 0.05) is 25.8 Å². The van der Waals surface area contributed by atoms with Crippen LogP contribution in [0.2, 0.25) is 0 Å². The SMILES string of the molecule is NCCC(=O)N[C@@H](Cc1ccc(O)cc1)C(=O)NCC(=O)N[C@@H](Cc1ccccc1)C(N)=O. The number of phenols is 1. The zero-order valence-electron chi connectivity index (χ0n) is 18.1. The van der Waals surface area contributed by atoms with Gasteiger partial charge in [-0.1, -0.05) is 42.5 Å². The number of primary amides is 1. The smallest absolute Gasteiger partial charge is 0.243 e. The fourth-order valence-electron chi connectivity index (χ4n) is 3.08. The summed E-state index contributed by atoms with van der Waals surface area (Å²) in [6.45, 7) is -0.284. The van der Waals surface area contributed by atoms with Crippen LogP contribution in [0.5, 0.6) is 5.75 Å². The van der Waals surface area contributed by atoms with E-state index in [1.807, 2.05) is 30.3 Å². The first-order chi connectivity index (χ1) is 15.8. The predicted octanol–water partition coefficient (Wildman–Crippen LogP) is -0.903. The first kappa shape index (κ1) is 25.3. The second-order valence-corrected chi connectivity index (χ2v) is 7.46. The molecule has 0 unspecified atom stereocenters. The number of benzene rings is 2. The Morgan fingerprint density at radius 3 is 2.00 bits per heavy atom. The molecule has 2 atom stereocenters. The van der Waals surface area contributed by atoms with Crippen molar-refractivity contribution in [2.75, 3.05) is 13.1 Å². The van der Waals surface area contributed by atoms with Crippen LogP contribution in [0.15, 0.2) is 54.6 Å². The second-order valence-electron chi connectivity index (χ2n) is 7.46. The van der Waals surface area contributed by atoms with Gasteiger partial charge in [0.1, 0.15) is 17.8 Å². The fourth-order valence-corrected chi connectivity index (χ4v) is 3.08. The maximum absolute atomic E-state index is 12.7. The van der Waals surface area contributed by atoms with Gasteiger partial charge in [-0.3, -0.25) is 19.2 Å². The molecule has 0 saturated heterocycles. The van der Waals surface area contributed by atoms with E-state index in [-0.39, 0.29) is 31.6 Å². The molecule has 8 N–H and O–H groups in total. The number of hydrogen-bond donors (Lipinski definition) is 6. The third-order valence-corrected chi connectivity index (χ3v) is 4.78. The largest absolute Gasteiger partial charge is 0.508 e. The lowest BCUT2D eigenvalue weighted by Crippen LogP contribution is -2.52. The van der Waals surface area contributed by atoms with Gasteiger partial charge in [-0.05, 0) is 23.3 Å². The second kappa shape index (κ2) is 12.8. The summed E-state index contributed by atoms with van der Waals surface area (Å²) < 4.78 is 0. The number of aromatic hydroxyl groups is 1. The topological polar surface area (TPSA) is 177 Å². The minimum absolute atomic E-state index is 0.0413. The Balaban J connectivity index is 1.96. The van der Waals surface area contributed by atoms with Gasteiger partial charge < -0.3 is 32.5 Å². The summed E-state index contributed by atoms with van der Waals surface area (Å²) in [5.74, 6) is -2.21. The first-order valence-electron chi connectivity index (χ1n) is 10.5. The van der Waals surface area contributed by atoms with E-state index in [1.54, 1.807) is 12.1 Å². The van der Waals surface area contributed by atoms with Crippen molar-refractivity contribution < 1.29 is 24.3 Å². The van der Waals surface area contributed by atoms with Gasteiger partial charge in [-0.15, -0.1) is 0 Å². The fraction of sp³-hybridized carbons (Fsp3) is 0.304. The van der Waals surface area contributed by atoms with E-state index in [4.69, 9.17) is 11.5 Å². The molecule has 0 bridgehead atoms. The van der Waals surface area contributed by atoms with Gasteiger partial charge in [0.15, 0.2) is 0 Å². The van der Waals surface area contributed by atoms with E-state index in [0.29, 0.717) is 5.56 Å². The van der Waals surface area contributed by atoms with Crippen LogP contribution in [0.3, 0.4) is 0 Å². The third-order valence-electron chi connectivity index (χ3n) is 4.78. The number of rotatable bonds is 12. The number of nitrogens with one attached hydrogen (secondary N) is 3. The summed E-state index contributed by atoms with van der Waals surface area (Å²) in [5, 5.41) is 17.0. The summed E-state index contributed by atoms with van der Waals surface area (Å²) in [4.78, 5) is 48.8. The molecule has 0 saturated carbocycles. The summed E-state index contributed by atoms with van der Waals surface area (Å²) in [6, 6.07) is 13.3. The molecule has 176 valence electrons. The Morgan fingerprint density at radius 1 is 0.818 bits per heavy atom. The monoisotopic (exact) mass is 455 g/mol.